The van der Waals surface area contributed by atoms with E-state index in [0.29, 0.717) is 19.6 Å². The molecule has 0 spiro atoms. The molecule has 0 bridgehead atoms. The molecule has 1 fully saturated rings. The van der Waals surface area contributed by atoms with Crippen LogP contribution in [0.3, 0.4) is 0 Å². The van der Waals surface area contributed by atoms with Gasteiger partial charge in [-0.05, 0) is 51.1 Å². The lowest BCUT2D eigenvalue weighted by Crippen LogP contribution is -2.54. The second-order valence-corrected chi connectivity index (χ2v) is 7.97. The lowest BCUT2D eigenvalue weighted by atomic mass is 9.92. The summed E-state index contributed by atoms with van der Waals surface area (Å²) in [7, 11) is 2.00. The van der Waals surface area contributed by atoms with E-state index in [4.69, 9.17) is 0 Å². The average Bonchev–Trinajstić information content (AvgIpc) is 3.02. The van der Waals surface area contributed by atoms with Gasteiger partial charge in [0.1, 0.15) is 11.6 Å². The third kappa shape index (κ3) is 4.15. The first-order chi connectivity index (χ1) is 13.4. The first kappa shape index (κ1) is 18.8. The monoisotopic (exact) mass is 383 g/mol. The van der Waals surface area contributed by atoms with Gasteiger partial charge in [-0.1, -0.05) is 0 Å². The number of hydrogen-bond donors (Lipinski definition) is 2. The highest BCUT2D eigenvalue weighted by Crippen LogP contribution is 2.26. The van der Waals surface area contributed by atoms with Crippen molar-refractivity contribution in [3.63, 3.8) is 0 Å². The van der Waals surface area contributed by atoms with Crippen molar-refractivity contribution < 1.29 is 9.50 Å². The summed E-state index contributed by atoms with van der Waals surface area (Å²) in [6, 6.07) is 6.71. The highest BCUT2D eigenvalue weighted by molar-refractivity contribution is 5.80. The molecule has 6 nitrogen and oxygen atoms in total. The fourth-order valence-corrected chi connectivity index (χ4v) is 4.14. The Balaban J connectivity index is 1.42. The molecule has 0 aliphatic carbocycles. The Hall–Kier alpha value is -2.51. The Kier molecular flexibility index (Phi) is 5.03. The van der Waals surface area contributed by atoms with Crippen molar-refractivity contribution in [3.05, 3.63) is 53.9 Å². The summed E-state index contributed by atoms with van der Waals surface area (Å²) in [6.07, 6.45) is 5.16. The zero-order valence-corrected chi connectivity index (χ0v) is 16.3. The number of likely N-dealkylation sites (N-methyl/N-ethyl adjacent to an activating group) is 1. The van der Waals surface area contributed by atoms with Gasteiger partial charge in [-0.15, -0.1) is 0 Å². The lowest BCUT2D eigenvalue weighted by Gasteiger charge is -2.41. The van der Waals surface area contributed by atoms with Gasteiger partial charge in [-0.3, -0.25) is 9.88 Å². The number of halogens is 1. The average molecular weight is 383 g/mol. The zero-order chi connectivity index (χ0) is 19.7. The Morgan fingerprint density at radius 1 is 1.32 bits per heavy atom. The molecule has 148 valence electrons. The van der Waals surface area contributed by atoms with Crippen molar-refractivity contribution in [2.75, 3.05) is 31.6 Å². The number of aromatic nitrogens is 3. The number of aryl methyl sites for hydroxylation is 1. The molecule has 1 aromatic carbocycles. The summed E-state index contributed by atoms with van der Waals surface area (Å²) in [4.78, 5) is 16.3. The summed E-state index contributed by atoms with van der Waals surface area (Å²) in [6.45, 7) is 4.53. The number of rotatable bonds is 5. The summed E-state index contributed by atoms with van der Waals surface area (Å²) in [5, 5.41) is 12.1. The number of aromatic amines is 1. The highest BCUT2D eigenvalue weighted by Gasteiger charge is 2.35. The molecular formula is C21H26FN5O. The Morgan fingerprint density at radius 3 is 3.00 bits per heavy atom. The van der Waals surface area contributed by atoms with Crippen molar-refractivity contribution in [1.82, 2.24) is 19.9 Å². The molecular weight excluding hydrogens is 357 g/mol. The maximum atomic E-state index is 13.4. The Morgan fingerprint density at radius 2 is 2.18 bits per heavy atom. The van der Waals surface area contributed by atoms with E-state index in [-0.39, 0.29) is 5.82 Å². The number of benzene rings is 1. The molecule has 1 aliphatic heterocycles. The van der Waals surface area contributed by atoms with Gasteiger partial charge in [0.2, 0.25) is 0 Å². The molecule has 0 radical (unpaired) electrons. The van der Waals surface area contributed by atoms with Crippen LogP contribution >= 0.6 is 0 Å². The molecule has 1 aliphatic rings. The predicted molar refractivity (Wildman–Crippen MR) is 108 cm³/mol. The topological polar surface area (TPSA) is 68.3 Å². The Labute approximate surface area is 164 Å². The van der Waals surface area contributed by atoms with E-state index in [0.717, 1.165) is 47.5 Å². The van der Waals surface area contributed by atoms with Crippen LogP contribution in [0.25, 0.3) is 10.9 Å². The first-order valence-electron chi connectivity index (χ1n) is 9.62. The van der Waals surface area contributed by atoms with E-state index in [1.54, 1.807) is 18.5 Å². The van der Waals surface area contributed by atoms with E-state index in [9.17, 15) is 9.50 Å². The number of H-pyrrole nitrogens is 1. The van der Waals surface area contributed by atoms with E-state index in [1.807, 2.05) is 20.0 Å². The maximum Gasteiger partial charge on any atom is 0.147 e. The number of piperidine rings is 1. The summed E-state index contributed by atoms with van der Waals surface area (Å²) in [5.41, 5.74) is 1.99. The van der Waals surface area contributed by atoms with Crippen LogP contribution in [0.2, 0.25) is 0 Å². The second-order valence-electron chi connectivity index (χ2n) is 7.97. The molecule has 2 N–H and O–H groups in total. The zero-order valence-electron chi connectivity index (χ0n) is 16.3. The van der Waals surface area contributed by atoms with Crippen LogP contribution < -0.4 is 4.90 Å². The summed E-state index contributed by atoms with van der Waals surface area (Å²) < 4.78 is 13.4. The number of aliphatic hydroxyl groups is 1. The number of anilines is 1. The number of fused-ring (bicyclic) bond motifs is 1. The molecule has 0 amide bonds. The predicted octanol–water partition coefficient (Wildman–Crippen LogP) is 2.87. The van der Waals surface area contributed by atoms with Gasteiger partial charge in [0.25, 0.3) is 0 Å². The largest absolute Gasteiger partial charge is 0.387 e. The molecule has 7 heteroatoms. The van der Waals surface area contributed by atoms with Crippen LogP contribution in [-0.4, -0.2) is 57.2 Å². The minimum atomic E-state index is -0.809. The quantitative estimate of drug-likeness (QED) is 0.709. The molecule has 3 aromatic rings. The molecule has 1 atom stereocenters. The lowest BCUT2D eigenvalue weighted by molar-refractivity contribution is -0.00367. The van der Waals surface area contributed by atoms with Gasteiger partial charge in [0.15, 0.2) is 0 Å². The standard InChI is InChI=1S/C21H26FN5O/c1-15-10-23-11-20(24-15)27-7-3-6-21(28,14-27)13-26(2)12-18-9-16-8-17(22)4-5-19(16)25-18/h4-5,8-11,25,28H,3,6-7,12-14H2,1-2H3. The van der Waals surface area contributed by atoms with E-state index < -0.39 is 5.60 Å². The van der Waals surface area contributed by atoms with Crippen LogP contribution in [-0.2, 0) is 6.54 Å². The number of nitrogens with one attached hydrogen (secondary N) is 1. The molecule has 1 unspecified atom stereocenters. The Bertz CT molecular complexity index is 974. The molecule has 0 saturated carbocycles. The highest BCUT2D eigenvalue weighted by atomic mass is 19.1. The number of nitrogens with zero attached hydrogens (tertiary/aromatic N) is 4. The van der Waals surface area contributed by atoms with Crippen LogP contribution in [0.15, 0.2) is 36.7 Å². The van der Waals surface area contributed by atoms with Crippen LogP contribution in [0.5, 0.6) is 0 Å². The SMILES string of the molecule is Cc1cncc(N2CCCC(O)(CN(C)Cc3cc4cc(F)ccc4[nH]3)C2)n1. The van der Waals surface area contributed by atoms with Crippen molar-refractivity contribution >= 4 is 16.7 Å². The fourth-order valence-electron chi connectivity index (χ4n) is 4.14. The number of β-amino-alcohol motifs (C(OH)–C–C–N with tert-alkyl or cyclic N) is 1. The van der Waals surface area contributed by atoms with E-state index >= 15 is 0 Å². The maximum absolute atomic E-state index is 13.4. The molecule has 28 heavy (non-hydrogen) atoms. The van der Waals surface area contributed by atoms with E-state index in [1.165, 1.54) is 12.1 Å². The number of hydrogen-bond acceptors (Lipinski definition) is 5. The third-order valence-electron chi connectivity index (χ3n) is 5.26. The minimum absolute atomic E-state index is 0.234. The summed E-state index contributed by atoms with van der Waals surface area (Å²) >= 11 is 0. The van der Waals surface area contributed by atoms with Crippen molar-refractivity contribution in [2.24, 2.45) is 0 Å². The van der Waals surface area contributed by atoms with Crippen LogP contribution in [0.1, 0.15) is 24.2 Å². The van der Waals surface area contributed by atoms with Crippen molar-refractivity contribution in [1.29, 1.82) is 0 Å². The van der Waals surface area contributed by atoms with Gasteiger partial charge in [0, 0.05) is 49.0 Å². The fraction of sp³-hybridized carbons (Fsp3) is 0.429. The third-order valence-corrected chi connectivity index (χ3v) is 5.26. The first-order valence-corrected chi connectivity index (χ1v) is 9.62. The van der Waals surface area contributed by atoms with Crippen molar-refractivity contribution in [3.8, 4) is 0 Å². The summed E-state index contributed by atoms with van der Waals surface area (Å²) in [5.74, 6) is 0.584. The van der Waals surface area contributed by atoms with Gasteiger partial charge in [-0.25, -0.2) is 9.37 Å². The van der Waals surface area contributed by atoms with Crippen molar-refractivity contribution in [2.45, 2.75) is 31.9 Å². The minimum Gasteiger partial charge on any atom is -0.387 e. The van der Waals surface area contributed by atoms with Gasteiger partial charge in [0.05, 0.1) is 17.5 Å². The molecule has 2 aromatic heterocycles. The normalized spacial score (nSPS) is 20.2. The van der Waals surface area contributed by atoms with E-state index in [2.05, 4.69) is 24.8 Å². The van der Waals surface area contributed by atoms with Gasteiger partial charge in [-0.2, -0.15) is 0 Å². The van der Waals surface area contributed by atoms with Gasteiger partial charge >= 0.3 is 0 Å². The second kappa shape index (κ2) is 7.48. The van der Waals surface area contributed by atoms with Crippen LogP contribution in [0.4, 0.5) is 10.2 Å². The van der Waals surface area contributed by atoms with Gasteiger partial charge < -0.3 is 15.0 Å². The molecule has 3 heterocycles. The smallest absolute Gasteiger partial charge is 0.147 e. The van der Waals surface area contributed by atoms with Crippen LogP contribution in [0, 0.1) is 12.7 Å². The molecule has 4 rings (SSSR count). The molecule has 1 saturated heterocycles.